The van der Waals surface area contributed by atoms with Gasteiger partial charge in [-0.2, -0.15) is 9.97 Å². The third-order valence-electron chi connectivity index (χ3n) is 4.80. The van der Waals surface area contributed by atoms with Gasteiger partial charge in [-0.1, -0.05) is 16.4 Å². The molecule has 1 saturated heterocycles. The van der Waals surface area contributed by atoms with E-state index in [0.29, 0.717) is 30.0 Å². The van der Waals surface area contributed by atoms with Crippen molar-refractivity contribution in [2.45, 2.75) is 18.9 Å². The lowest BCUT2D eigenvalue weighted by molar-refractivity contribution is 0.260. The lowest BCUT2D eigenvalue weighted by Gasteiger charge is -2.11. The van der Waals surface area contributed by atoms with Crippen LogP contribution in [-0.4, -0.2) is 42.8 Å². The topological polar surface area (TPSA) is 86.0 Å². The zero-order valence-corrected chi connectivity index (χ0v) is 15.6. The molecular weight excluding hydrogens is 364 g/mol. The van der Waals surface area contributed by atoms with Gasteiger partial charge in [-0.3, -0.25) is 4.90 Å². The molecule has 4 aromatic heterocycles. The fourth-order valence-electron chi connectivity index (χ4n) is 3.39. The summed E-state index contributed by atoms with van der Waals surface area (Å²) in [5.74, 6) is 2.84. The molecule has 0 spiro atoms. The number of aromatic nitrogens is 5. The van der Waals surface area contributed by atoms with E-state index in [2.05, 4.69) is 25.2 Å². The number of rotatable bonds is 5. The second-order valence-corrected chi connectivity index (χ2v) is 7.62. The highest BCUT2D eigenvalue weighted by molar-refractivity contribution is 7.13. The van der Waals surface area contributed by atoms with Crippen LogP contribution in [0.3, 0.4) is 0 Å². The van der Waals surface area contributed by atoms with Gasteiger partial charge in [-0.25, -0.2) is 0 Å². The van der Waals surface area contributed by atoms with Gasteiger partial charge in [0.2, 0.25) is 23.4 Å². The minimum absolute atomic E-state index is 0.228. The second-order valence-electron chi connectivity index (χ2n) is 6.67. The number of thiophene rings is 1. The van der Waals surface area contributed by atoms with Crippen LogP contribution in [0.5, 0.6) is 0 Å². The smallest absolute Gasteiger partial charge is 0.241 e. The van der Waals surface area contributed by atoms with Crippen LogP contribution in [0.15, 0.2) is 44.9 Å². The van der Waals surface area contributed by atoms with Crippen molar-refractivity contribution < 1.29 is 9.05 Å². The number of likely N-dealkylation sites (tertiary alicyclic amines) is 1. The Balaban J connectivity index is 1.24. The molecule has 0 N–H and O–H groups in total. The average molecular weight is 382 g/mol. The van der Waals surface area contributed by atoms with Crippen LogP contribution in [-0.2, 0) is 13.6 Å². The van der Waals surface area contributed by atoms with Crippen molar-refractivity contribution in [3.63, 3.8) is 0 Å². The van der Waals surface area contributed by atoms with Crippen LogP contribution in [0, 0.1) is 0 Å². The van der Waals surface area contributed by atoms with Crippen LogP contribution in [0.4, 0.5) is 0 Å². The van der Waals surface area contributed by atoms with Crippen molar-refractivity contribution in [3.8, 4) is 22.2 Å². The Labute approximate surface area is 159 Å². The molecule has 1 unspecified atom stereocenters. The zero-order valence-electron chi connectivity index (χ0n) is 14.8. The molecule has 5 rings (SSSR count). The summed E-state index contributed by atoms with van der Waals surface area (Å²) in [4.78, 5) is 12.4. The molecule has 138 valence electrons. The summed E-state index contributed by atoms with van der Waals surface area (Å²) < 4.78 is 12.9. The molecule has 9 heteroatoms. The molecule has 0 bridgehead atoms. The normalized spacial score (nSPS) is 17.7. The van der Waals surface area contributed by atoms with Gasteiger partial charge in [0.05, 0.1) is 23.0 Å². The molecule has 27 heavy (non-hydrogen) atoms. The molecule has 1 aliphatic heterocycles. The Morgan fingerprint density at radius 1 is 1.15 bits per heavy atom. The first kappa shape index (κ1) is 16.4. The van der Waals surface area contributed by atoms with Gasteiger partial charge in [-0.05, 0) is 36.5 Å². The van der Waals surface area contributed by atoms with Crippen LogP contribution < -0.4 is 0 Å². The van der Waals surface area contributed by atoms with E-state index in [-0.39, 0.29) is 5.92 Å². The second kappa shape index (κ2) is 6.75. The van der Waals surface area contributed by atoms with Crippen molar-refractivity contribution in [1.82, 2.24) is 29.7 Å². The minimum Gasteiger partial charge on any atom is -0.348 e. The summed E-state index contributed by atoms with van der Waals surface area (Å²) in [6, 6.07) is 7.92. The Hall–Kier alpha value is -2.78. The Morgan fingerprint density at radius 3 is 2.89 bits per heavy atom. The maximum absolute atomic E-state index is 5.53. The monoisotopic (exact) mass is 382 g/mol. The largest absolute Gasteiger partial charge is 0.348 e. The molecule has 1 atom stereocenters. The van der Waals surface area contributed by atoms with E-state index >= 15 is 0 Å². The highest BCUT2D eigenvalue weighted by Gasteiger charge is 2.29. The predicted molar refractivity (Wildman–Crippen MR) is 99.0 cm³/mol. The number of aryl methyl sites for hydroxylation is 1. The summed E-state index contributed by atoms with van der Waals surface area (Å²) >= 11 is 1.60. The maximum Gasteiger partial charge on any atom is 0.241 e. The molecule has 0 aromatic carbocycles. The molecule has 1 aliphatic rings. The highest BCUT2D eigenvalue weighted by Crippen LogP contribution is 2.29. The molecule has 8 nitrogen and oxygen atoms in total. The SMILES string of the molecule is Cn1cccc1-c1noc(C2CCN(Cc3nc(-c4cccs4)no3)C2)n1. The van der Waals surface area contributed by atoms with E-state index in [1.54, 1.807) is 11.3 Å². The fourth-order valence-corrected chi connectivity index (χ4v) is 4.04. The van der Waals surface area contributed by atoms with Crippen LogP contribution in [0.2, 0.25) is 0 Å². The first-order valence-corrected chi connectivity index (χ1v) is 9.68. The van der Waals surface area contributed by atoms with Gasteiger partial charge in [0.1, 0.15) is 0 Å². The van der Waals surface area contributed by atoms with E-state index < -0.39 is 0 Å². The van der Waals surface area contributed by atoms with Crippen molar-refractivity contribution in [2.75, 3.05) is 13.1 Å². The van der Waals surface area contributed by atoms with Gasteiger partial charge in [0.25, 0.3) is 0 Å². The molecule has 1 fully saturated rings. The summed E-state index contributed by atoms with van der Waals surface area (Å²) in [6.45, 7) is 2.41. The first-order chi connectivity index (χ1) is 13.3. The van der Waals surface area contributed by atoms with E-state index in [1.807, 2.05) is 47.5 Å². The molecular formula is C18H18N6O2S. The molecule has 0 aliphatic carbocycles. The predicted octanol–water partition coefficient (Wildman–Crippen LogP) is 3.18. The number of hydrogen-bond donors (Lipinski definition) is 0. The zero-order chi connectivity index (χ0) is 18.2. The van der Waals surface area contributed by atoms with E-state index in [1.165, 1.54) is 0 Å². The van der Waals surface area contributed by atoms with Crippen molar-refractivity contribution in [2.24, 2.45) is 7.05 Å². The summed E-state index contributed by atoms with van der Waals surface area (Å²) in [5.41, 5.74) is 0.951. The van der Waals surface area contributed by atoms with Gasteiger partial charge in [0.15, 0.2) is 0 Å². The number of nitrogens with zero attached hydrogens (tertiary/aromatic N) is 6. The Morgan fingerprint density at radius 2 is 2.07 bits per heavy atom. The van der Waals surface area contributed by atoms with Gasteiger partial charge in [0, 0.05) is 19.8 Å². The molecule has 4 aromatic rings. The van der Waals surface area contributed by atoms with Gasteiger partial charge < -0.3 is 13.6 Å². The Kier molecular flexibility index (Phi) is 4.10. The van der Waals surface area contributed by atoms with Gasteiger partial charge in [-0.15, -0.1) is 11.3 Å². The molecule has 5 heterocycles. The van der Waals surface area contributed by atoms with Crippen LogP contribution in [0.25, 0.3) is 22.2 Å². The van der Waals surface area contributed by atoms with Crippen LogP contribution in [0.1, 0.15) is 24.1 Å². The summed E-state index contributed by atoms with van der Waals surface area (Å²) in [7, 11) is 1.97. The third kappa shape index (κ3) is 3.19. The minimum atomic E-state index is 0.228. The summed E-state index contributed by atoms with van der Waals surface area (Å²) in [5, 5.41) is 10.2. The fraction of sp³-hybridized carbons (Fsp3) is 0.333. The number of hydrogen-bond acceptors (Lipinski definition) is 8. The maximum atomic E-state index is 5.53. The lowest BCUT2D eigenvalue weighted by atomic mass is 10.1. The quantitative estimate of drug-likeness (QED) is 0.524. The van der Waals surface area contributed by atoms with Crippen molar-refractivity contribution in [1.29, 1.82) is 0 Å². The molecule has 0 amide bonds. The lowest BCUT2D eigenvalue weighted by Crippen LogP contribution is -2.20. The molecule has 0 radical (unpaired) electrons. The van der Waals surface area contributed by atoms with Gasteiger partial charge >= 0.3 is 0 Å². The molecule has 0 saturated carbocycles. The van der Waals surface area contributed by atoms with E-state index in [9.17, 15) is 0 Å². The average Bonchev–Trinajstić information content (AvgIpc) is 3.46. The first-order valence-electron chi connectivity index (χ1n) is 8.80. The Bertz CT molecular complexity index is 1030. The summed E-state index contributed by atoms with van der Waals surface area (Å²) in [6.07, 6.45) is 2.94. The van der Waals surface area contributed by atoms with Crippen LogP contribution >= 0.6 is 11.3 Å². The van der Waals surface area contributed by atoms with Crippen molar-refractivity contribution >= 4 is 11.3 Å². The third-order valence-corrected chi connectivity index (χ3v) is 5.67. The standard InChI is InChI=1S/C18H18N6O2S/c1-23-7-2-4-13(23)16-20-18(26-21-16)12-6-8-24(10-12)11-15-19-17(22-25-15)14-5-3-9-27-14/h2-5,7,9,12H,6,8,10-11H2,1H3. The highest BCUT2D eigenvalue weighted by atomic mass is 32.1. The van der Waals surface area contributed by atoms with E-state index in [4.69, 9.17) is 9.05 Å². The van der Waals surface area contributed by atoms with E-state index in [0.717, 1.165) is 30.1 Å². The van der Waals surface area contributed by atoms with Crippen molar-refractivity contribution in [3.05, 3.63) is 47.6 Å².